The van der Waals surface area contributed by atoms with Gasteiger partial charge in [0, 0.05) is 36.1 Å². The third-order valence-electron chi connectivity index (χ3n) is 5.13. The van der Waals surface area contributed by atoms with Crippen LogP contribution in [0.2, 0.25) is 0 Å². The first-order valence-electron chi connectivity index (χ1n) is 9.65. The number of carboxylic acids is 1. The van der Waals surface area contributed by atoms with E-state index in [9.17, 15) is 14.4 Å². The summed E-state index contributed by atoms with van der Waals surface area (Å²) in [6.45, 7) is 7.60. The second kappa shape index (κ2) is 8.43. The number of nitrogens with one attached hydrogen (secondary N) is 1. The number of amides is 2. The van der Waals surface area contributed by atoms with E-state index in [1.54, 1.807) is 18.2 Å². The van der Waals surface area contributed by atoms with Gasteiger partial charge in [0.15, 0.2) is 0 Å². The molecule has 7 heteroatoms. The Hall–Kier alpha value is -3.22. The van der Waals surface area contributed by atoms with Crippen LogP contribution in [0.15, 0.2) is 36.5 Å². The van der Waals surface area contributed by atoms with Crippen LogP contribution in [0.5, 0.6) is 0 Å². The van der Waals surface area contributed by atoms with Gasteiger partial charge in [0.2, 0.25) is 0 Å². The molecule has 0 radical (unpaired) electrons. The number of nitrogens with zero attached hydrogens (tertiary/aromatic N) is 2. The maximum Gasteiger partial charge on any atom is 0.354 e. The van der Waals surface area contributed by atoms with E-state index in [-0.39, 0.29) is 17.2 Å². The van der Waals surface area contributed by atoms with Crippen LogP contribution in [-0.2, 0) is 0 Å². The highest BCUT2D eigenvalue weighted by atomic mass is 16.4. The molecule has 2 atom stereocenters. The van der Waals surface area contributed by atoms with E-state index < -0.39 is 11.9 Å². The molecule has 2 N–H and O–H groups in total. The first-order valence-corrected chi connectivity index (χ1v) is 9.65. The van der Waals surface area contributed by atoms with Gasteiger partial charge in [0.1, 0.15) is 5.69 Å². The van der Waals surface area contributed by atoms with Gasteiger partial charge in [-0.3, -0.25) is 9.59 Å². The summed E-state index contributed by atoms with van der Waals surface area (Å²) in [4.78, 5) is 42.2. The van der Waals surface area contributed by atoms with Crippen molar-refractivity contribution >= 4 is 23.5 Å². The minimum atomic E-state index is -1.20. The molecule has 1 aliphatic heterocycles. The van der Waals surface area contributed by atoms with Crippen LogP contribution >= 0.6 is 0 Å². The number of carboxylic acid groups (broad SMARTS) is 1. The van der Waals surface area contributed by atoms with Gasteiger partial charge < -0.3 is 15.3 Å². The van der Waals surface area contributed by atoms with Crippen LogP contribution in [0.4, 0.5) is 5.69 Å². The number of benzene rings is 1. The van der Waals surface area contributed by atoms with Crippen LogP contribution in [0.1, 0.15) is 57.0 Å². The fraction of sp³-hybridized carbons (Fsp3) is 0.364. The van der Waals surface area contributed by atoms with Crippen LogP contribution in [0.3, 0.4) is 0 Å². The molecule has 2 aromatic rings. The minimum Gasteiger partial charge on any atom is -0.477 e. The van der Waals surface area contributed by atoms with Crippen LogP contribution in [0.25, 0.3) is 0 Å². The summed E-state index contributed by atoms with van der Waals surface area (Å²) in [7, 11) is 0. The summed E-state index contributed by atoms with van der Waals surface area (Å²) in [6, 6.07) is 7.92. The molecular formula is C22H25N3O4. The average molecular weight is 395 g/mol. The molecule has 2 amide bonds. The molecule has 1 aliphatic rings. The number of piperidine rings is 1. The number of aromatic carboxylic acids is 1. The fourth-order valence-corrected chi connectivity index (χ4v) is 3.78. The largest absolute Gasteiger partial charge is 0.477 e. The van der Waals surface area contributed by atoms with Crippen molar-refractivity contribution in [3.8, 4) is 0 Å². The highest BCUT2D eigenvalue weighted by molar-refractivity contribution is 6.06. The van der Waals surface area contributed by atoms with Gasteiger partial charge in [-0.1, -0.05) is 19.9 Å². The summed E-state index contributed by atoms with van der Waals surface area (Å²) in [5.74, 6) is -0.780. The lowest BCUT2D eigenvalue weighted by Gasteiger charge is -2.35. The van der Waals surface area contributed by atoms with Gasteiger partial charge in [-0.05, 0) is 55.0 Å². The summed E-state index contributed by atoms with van der Waals surface area (Å²) in [5, 5.41) is 11.8. The zero-order chi connectivity index (χ0) is 21.1. The highest BCUT2D eigenvalue weighted by Crippen LogP contribution is 2.24. The second-order valence-corrected chi connectivity index (χ2v) is 7.87. The molecule has 2 unspecified atom stereocenters. The molecule has 1 saturated heterocycles. The summed E-state index contributed by atoms with van der Waals surface area (Å²) in [5.41, 5.74) is 1.84. The molecule has 2 heterocycles. The Morgan fingerprint density at radius 2 is 1.76 bits per heavy atom. The number of carbonyl (C=O) groups excluding carboxylic acids is 2. The molecule has 0 bridgehead atoms. The maximum absolute atomic E-state index is 13.0. The van der Waals surface area contributed by atoms with E-state index in [2.05, 4.69) is 24.1 Å². The fourth-order valence-electron chi connectivity index (χ4n) is 3.78. The van der Waals surface area contributed by atoms with Crippen LogP contribution in [0, 0.1) is 18.8 Å². The van der Waals surface area contributed by atoms with E-state index in [1.165, 1.54) is 18.3 Å². The molecule has 0 spiro atoms. The van der Waals surface area contributed by atoms with Crippen molar-refractivity contribution in [1.29, 1.82) is 0 Å². The molecule has 0 aliphatic carbocycles. The number of aryl methyl sites for hydroxylation is 1. The molecule has 3 rings (SSSR count). The number of anilines is 1. The maximum atomic E-state index is 13.0. The first kappa shape index (κ1) is 20.5. The van der Waals surface area contributed by atoms with Crippen LogP contribution < -0.4 is 5.32 Å². The predicted octanol–water partition coefficient (Wildman–Crippen LogP) is 3.46. The lowest BCUT2D eigenvalue weighted by Crippen LogP contribution is -2.42. The molecular weight excluding hydrogens is 370 g/mol. The van der Waals surface area contributed by atoms with Gasteiger partial charge in [0.05, 0.1) is 0 Å². The number of pyridine rings is 1. The zero-order valence-corrected chi connectivity index (χ0v) is 16.8. The number of likely N-dealkylation sites (tertiary alicyclic amines) is 1. The third-order valence-corrected chi connectivity index (χ3v) is 5.13. The Labute approximate surface area is 169 Å². The Morgan fingerprint density at radius 1 is 1.07 bits per heavy atom. The summed E-state index contributed by atoms with van der Waals surface area (Å²) in [6.07, 6.45) is 2.40. The molecule has 29 heavy (non-hydrogen) atoms. The Kier molecular flexibility index (Phi) is 5.96. The van der Waals surface area contributed by atoms with E-state index >= 15 is 0 Å². The van der Waals surface area contributed by atoms with Gasteiger partial charge in [-0.25, -0.2) is 9.78 Å². The van der Waals surface area contributed by atoms with Crippen molar-refractivity contribution in [1.82, 2.24) is 9.88 Å². The van der Waals surface area contributed by atoms with Gasteiger partial charge in [-0.2, -0.15) is 0 Å². The number of hydrogen-bond donors (Lipinski definition) is 2. The number of hydrogen-bond acceptors (Lipinski definition) is 4. The molecule has 7 nitrogen and oxygen atoms in total. The monoisotopic (exact) mass is 395 g/mol. The lowest BCUT2D eigenvalue weighted by molar-refractivity contribution is 0.0622. The second-order valence-electron chi connectivity index (χ2n) is 7.87. The zero-order valence-electron chi connectivity index (χ0n) is 16.8. The van der Waals surface area contributed by atoms with Crippen molar-refractivity contribution in [3.63, 3.8) is 0 Å². The Balaban J connectivity index is 1.80. The van der Waals surface area contributed by atoms with Crippen molar-refractivity contribution in [2.75, 3.05) is 18.4 Å². The van der Waals surface area contributed by atoms with E-state index in [4.69, 9.17) is 5.11 Å². The number of carbonyl (C=O) groups is 3. The Bertz CT molecular complexity index is 947. The molecule has 1 fully saturated rings. The standard InChI is InChI=1S/C22H25N3O4/c1-13-8-14(2)12-25(11-13)21(27)17-5-4-15(3)18(10-17)24-20(26)16-6-7-23-19(9-16)22(28)29/h4-7,9-10,13-14H,8,11-12H2,1-3H3,(H,24,26)(H,28,29). The lowest BCUT2D eigenvalue weighted by atomic mass is 9.91. The normalized spacial score (nSPS) is 18.9. The van der Waals surface area contributed by atoms with Crippen molar-refractivity contribution in [2.45, 2.75) is 27.2 Å². The van der Waals surface area contributed by atoms with Gasteiger partial charge >= 0.3 is 5.97 Å². The smallest absolute Gasteiger partial charge is 0.354 e. The molecule has 1 aromatic carbocycles. The van der Waals surface area contributed by atoms with E-state index in [0.717, 1.165) is 25.1 Å². The van der Waals surface area contributed by atoms with E-state index in [0.29, 0.717) is 23.1 Å². The third kappa shape index (κ3) is 4.80. The van der Waals surface area contributed by atoms with Gasteiger partial charge in [-0.15, -0.1) is 0 Å². The molecule has 0 saturated carbocycles. The predicted molar refractivity (Wildman–Crippen MR) is 109 cm³/mol. The number of aromatic nitrogens is 1. The molecule has 152 valence electrons. The van der Waals surface area contributed by atoms with Crippen molar-refractivity contribution in [3.05, 3.63) is 58.9 Å². The molecule has 1 aromatic heterocycles. The summed E-state index contributed by atoms with van der Waals surface area (Å²) < 4.78 is 0. The van der Waals surface area contributed by atoms with Crippen molar-refractivity contribution in [2.24, 2.45) is 11.8 Å². The minimum absolute atomic E-state index is 0.0454. The summed E-state index contributed by atoms with van der Waals surface area (Å²) >= 11 is 0. The highest BCUT2D eigenvalue weighted by Gasteiger charge is 2.26. The van der Waals surface area contributed by atoms with Gasteiger partial charge in [0.25, 0.3) is 11.8 Å². The van der Waals surface area contributed by atoms with E-state index in [1.807, 2.05) is 11.8 Å². The average Bonchev–Trinajstić information content (AvgIpc) is 2.68. The van der Waals surface area contributed by atoms with Crippen molar-refractivity contribution < 1.29 is 19.5 Å². The SMILES string of the molecule is Cc1ccc(C(=O)N2CC(C)CC(C)C2)cc1NC(=O)c1ccnc(C(=O)O)c1. The van der Waals surface area contributed by atoms with Crippen LogP contribution in [-0.4, -0.2) is 45.9 Å². The number of rotatable bonds is 4. The first-order chi connectivity index (χ1) is 13.7. The Morgan fingerprint density at radius 3 is 2.41 bits per heavy atom. The topological polar surface area (TPSA) is 99.6 Å². The quantitative estimate of drug-likeness (QED) is 0.826.